The second-order valence-corrected chi connectivity index (χ2v) is 4.42. The molecule has 0 rings (SSSR count). The summed E-state index contributed by atoms with van der Waals surface area (Å²) in [6.45, 7) is 8.75. The third-order valence-corrected chi connectivity index (χ3v) is 0. The summed E-state index contributed by atoms with van der Waals surface area (Å²) in [6, 6.07) is 0. The molecule has 0 atom stereocenters. The van der Waals surface area contributed by atoms with Crippen molar-refractivity contribution in [2.45, 2.75) is 62.3 Å². The fourth-order valence-corrected chi connectivity index (χ4v) is 0. The number of aliphatic carboxylic acids is 9. The van der Waals surface area contributed by atoms with Crippen LogP contribution in [0.3, 0.4) is 0 Å². The van der Waals surface area contributed by atoms with Gasteiger partial charge in [0.2, 0.25) is 0 Å². The number of carboxylic acid groups (broad SMARTS) is 9. The first kappa shape index (κ1) is 76.7. The quantitative estimate of drug-likeness (QED) is 0.204. The molecule has 0 unspecified atom stereocenters. The average Bonchev–Trinajstić information content (AvgIpc) is 2.39. The molecule has 0 radical (unpaired) electrons. The number of carbonyl (C=O) groups is 9. The monoisotopic (exact) mass is 856 g/mol. The van der Waals surface area contributed by atoms with Crippen LogP contribution in [-0.2, 0) is 62.6 Å². The number of hydrogen-bond acceptors (Lipinski definition) is 18. The van der Waals surface area contributed by atoms with Crippen LogP contribution in [0.5, 0.6) is 0 Å². The van der Waals surface area contributed by atoms with E-state index in [-0.39, 0.29) is 80.1 Å². The maximum absolute atomic E-state index is 8.89. The maximum atomic E-state index is 8.89. The molecule has 0 spiro atoms. The normalized spacial score (nSPS) is 5.77. The van der Waals surface area contributed by atoms with E-state index < -0.39 is 53.7 Å². The topological polar surface area (TPSA) is 361 Å². The van der Waals surface area contributed by atoms with Gasteiger partial charge in [-0.25, -0.2) is 0 Å². The van der Waals surface area contributed by atoms with E-state index >= 15 is 0 Å². The molecule has 0 aromatic rings. The van der Waals surface area contributed by atoms with Crippen molar-refractivity contribution in [2.75, 3.05) is 0 Å². The number of hydrogen-bond donors (Lipinski definition) is 0. The molecule has 39 heavy (non-hydrogen) atoms. The van der Waals surface area contributed by atoms with Gasteiger partial charge in [0.1, 0.15) is 0 Å². The van der Waals surface area contributed by atoms with Crippen LogP contribution in [0.4, 0.5) is 0 Å². The minimum Gasteiger partial charge on any atom is -0.550 e. The molecular formula is C18H27NaO18UZn. The Morgan fingerprint density at radius 1 is 0.282 bits per heavy atom. The van der Waals surface area contributed by atoms with Crippen LogP contribution in [0, 0.1) is 31.1 Å². The Balaban J connectivity index is -0.0000000208. The summed E-state index contributed by atoms with van der Waals surface area (Å²) in [5.41, 5.74) is 0. The van der Waals surface area contributed by atoms with Gasteiger partial charge in [-0.15, -0.1) is 0 Å². The zero-order valence-corrected chi connectivity index (χ0v) is 32.2. The van der Waals surface area contributed by atoms with Gasteiger partial charge in [-0.1, -0.05) is 0 Å². The van der Waals surface area contributed by atoms with Crippen molar-refractivity contribution in [1.82, 2.24) is 0 Å². The molecule has 0 fully saturated rings. The van der Waals surface area contributed by atoms with E-state index in [0.29, 0.717) is 0 Å². The minimum absolute atomic E-state index is 0. The Morgan fingerprint density at radius 2 is 0.282 bits per heavy atom. The van der Waals surface area contributed by atoms with Gasteiger partial charge in [0.15, 0.2) is 0 Å². The number of carboxylic acids is 9. The first-order valence-corrected chi connectivity index (χ1v) is 8.17. The smallest absolute Gasteiger partial charge is 0.550 e. The van der Waals surface area contributed by atoms with Crippen molar-refractivity contribution < 1.29 is 169 Å². The molecule has 0 saturated heterocycles. The van der Waals surface area contributed by atoms with E-state index in [1.165, 1.54) is 0 Å². The van der Waals surface area contributed by atoms with Crippen molar-refractivity contribution >= 4 is 53.7 Å². The predicted molar refractivity (Wildman–Crippen MR) is 96.1 cm³/mol. The molecule has 0 aliphatic carbocycles. The number of rotatable bonds is 0. The van der Waals surface area contributed by atoms with Gasteiger partial charge >= 0.3 is 80.1 Å². The van der Waals surface area contributed by atoms with Gasteiger partial charge in [-0.05, 0) is 62.3 Å². The van der Waals surface area contributed by atoms with Crippen LogP contribution in [-0.4, -0.2) is 53.7 Å². The fraction of sp³-hybridized carbons (Fsp3) is 0.500. The van der Waals surface area contributed by atoms with Crippen molar-refractivity contribution in [1.29, 1.82) is 0 Å². The molecule has 0 saturated carbocycles. The molecule has 0 aromatic carbocycles. The van der Waals surface area contributed by atoms with Crippen molar-refractivity contribution in [3.05, 3.63) is 0 Å². The van der Waals surface area contributed by atoms with Crippen LogP contribution in [0.15, 0.2) is 0 Å². The van der Waals surface area contributed by atoms with E-state index in [2.05, 4.69) is 0 Å². The summed E-state index contributed by atoms with van der Waals surface area (Å²) in [5.74, 6) is -9.75. The zero-order valence-electron chi connectivity index (χ0n) is 23.1. The summed E-state index contributed by atoms with van der Waals surface area (Å²) in [4.78, 5) is 80.0. The Labute approximate surface area is 283 Å². The first-order valence-electron chi connectivity index (χ1n) is 8.17. The first-order chi connectivity index (χ1) is 15.6. The molecule has 214 valence electrons. The van der Waals surface area contributed by atoms with E-state index in [4.69, 9.17) is 89.1 Å². The second-order valence-electron chi connectivity index (χ2n) is 4.42. The van der Waals surface area contributed by atoms with E-state index in [1.54, 1.807) is 0 Å². The van der Waals surface area contributed by atoms with E-state index in [9.17, 15) is 0 Å². The zero-order chi connectivity index (χ0) is 32.2. The fourth-order valence-electron chi connectivity index (χ4n) is 0. The summed E-state index contributed by atoms with van der Waals surface area (Å²) < 4.78 is 0. The Kier molecular flexibility index (Phi) is 139. The molecule has 0 aliphatic heterocycles. The maximum Gasteiger partial charge on any atom is 6.00 e. The summed E-state index contributed by atoms with van der Waals surface area (Å²) >= 11 is 0. The van der Waals surface area contributed by atoms with Crippen LogP contribution in [0.1, 0.15) is 62.3 Å². The van der Waals surface area contributed by atoms with Gasteiger partial charge in [-0.2, -0.15) is 0 Å². The molecular weight excluding hydrogens is 831 g/mol. The van der Waals surface area contributed by atoms with Gasteiger partial charge in [0.25, 0.3) is 0 Å². The Hall–Kier alpha value is -2.09. The van der Waals surface area contributed by atoms with Crippen LogP contribution in [0.25, 0.3) is 0 Å². The number of carbonyl (C=O) groups excluding carboxylic acids is 9. The summed E-state index contributed by atoms with van der Waals surface area (Å²) in [7, 11) is 0. The van der Waals surface area contributed by atoms with E-state index in [0.717, 1.165) is 62.3 Å². The van der Waals surface area contributed by atoms with Crippen LogP contribution in [0.2, 0.25) is 0 Å². The molecule has 0 amide bonds. The standard InChI is InChI=1S/9C2H4O2.Na.U.Zn/c9*1-2(3)4;;;/h9*1H3,(H,3,4);;;/q;;;;;;;;;+1;+6;+2/p-9. The van der Waals surface area contributed by atoms with Gasteiger partial charge in [0.05, 0.1) is 0 Å². The predicted octanol–water partition coefficient (Wildman–Crippen LogP) is -14.2. The Bertz CT molecular complexity index is 434. The van der Waals surface area contributed by atoms with Crippen molar-refractivity contribution in [3.8, 4) is 0 Å². The van der Waals surface area contributed by atoms with Gasteiger partial charge in [0, 0.05) is 53.7 Å². The molecule has 0 bridgehead atoms. The average molecular weight is 858 g/mol. The SMILES string of the molecule is CC(=O)[O-].CC(=O)[O-].CC(=O)[O-].CC(=O)[O-].CC(=O)[O-].CC(=O)[O-].CC(=O)[O-].CC(=O)[O-].CC(=O)[O-].[Na+].[U+6].[Zn+2]. The molecule has 0 aliphatic rings. The van der Waals surface area contributed by atoms with Crippen molar-refractivity contribution in [2.24, 2.45) is 0 Å². The molecule has 21 heteroatoms. The van der Waals surface area contributed by atoms with Gasteiger partial charge < -0.3 is 89.1 Å². The van der Waals surface area contributed by atoms with Crippen LogP contribution >= 0.6 is 0 Å². The second kappa shape index (κ2) is 70.5. The Morgan fingerprint density at radius 3 is 0.282 bits per heavy atom. The third-order valence-electron chi connectivity index (χ3n) is 0. The molecule has 0 N–H and O–H groups in total. The molecule has 0 heterocycles. The van der Waals surface area contributed by atoms with Gasteiger partial charge in [-0.3, -0.25) is 0 Å². The summed E-state index contributed by atoms with van der Waals surface area (Å²) in [6.07, 6.45) is 0. The molecule has 18 nitrogen and oxygen atoms in total. The minimum atomic E-state index is -1.08. The third kappa shape index (κ3) is 9410. The largest absolute Gasteiger partial charge is 6.00 e. The molecule has 0 aromatic heterocycles. The summed E-state index contributed by atoms with van der Waals surface area (Å²) in [5, 5.41) is 80.0. The van der Waals surface area contributed by atoms with E-state index in [1.807, 2.05) is 0 Å². The van der Waals surface area contributed by atoms with Crippen LogP contribution < -0.4 is 75.5 Å². The van der Waals surface area contributed by atoms with Crippen molar-refractivity contribution in [3.63, 3.8) is 0 Å².